The van der Waals surface area contributed by atoms with E-state index in [1.54, 1.807) is 6.33 Å². The Kier molecular flexibility index (Phi) is 4.23. The number of rotatable bonds is 4. The van der Waals surface area contributed by atoms with Gasteiger partial charge in [-0.25, -0.2) is 19.9 Å². The maximum atomic E-state index is 5.43. The topological polar surface area (TPSA) is 64.0 Å². The van der Waals surface area contributed by atoms with Crippen LogP contribution in [0.4, 0.5) is 5.82 Å². The van der Waals surface area contributed by atoms with Crippen LogP contribution in [0.15, 0.2) is 30.9 Å². The fourth-order valence-electron chi connectivity index (χ4n) is 2.62. The van der Waals surface area contributed by atoms with Crippen LogP contribution in [-0.2, 0) is 0 Å². The van der Waals surface area contributed by atoms with Crippen molar-refractivity contribution < 1.29 is 4.74 Å². The molecule has 6 nitrogen and oxygen atoms in total. The van der Waals surface area contributed by atoms with Crippen LogP contribution < -0.4 is 9.64 Å². The predicted molar refractivity (Wildman–Crippen MR) is 79.4 cm³/mol. The summed E-state index contributed by atoms with van der Waals surface area (Å²) in [6, 6.07) is 3.76. The molecule has 1 saturated heterocycles. The van der Waals surface area contributed by atoms with Crippen molar-refractivity contribution in [2.24, 2.45) is 0 Å². The van der Waals surface area contributed by atoms with E-state index < -0.39 is 0 Å². The van der Waals surface area contributed by atoms with E-state index >= 15 is 0 Å². The number of anilines is 1. The molecule has 0 saturated carbocycles. The monoisotopic (exact) mass is 285 g/mol. The highest BCUT2D eigenvalue weighted by Gasteiger charge is 2.23. The largest absolute Gasteiger partial charge is 0.478 e. The van der Waals surface area contributed by atoms with Crippen LogP contribution in [0.3, 0.4) is 0 Å². The minimum atomic E-state index is 0.440. The molecular weight excluding hydrogens is 266 g/mol. The van der Waals surface area contributed by atoms with Gasteiger partial charge >= 0.3 is 0 Å². The second-order valence-electron chi connectivity index (χ2n) is 5.02. The summed E-state index contributed by atoms with van der Waals surface area (Å²) in [6.07, 6.45) is 7.27. The molecule has 0 amide bonds. The predicted octanol–water partition coefficient (Wildman–Crippen LogP) is 2.05. The number of aromatic nitrogens is 4. The summed E-state index contributed by atoms with van der Waals surface area (Å²) in [4.78, 5) is 19.4. The van der Waals surface area contributed by atoms with Crippen LogP contribution >= 0.6 is 0 Å². The van der Waals surface area contributed by atoms with Gasteiger partial charge in [0.25, 0.3) is 0 Å². The van der Waals surface area contributed by atoms with E-state index in [4.69, 9.17) is 4.74 Å². The van der Waals surface area contributed by atoms with E-state index in [2.05, 4.69) is 24.8 Å². The first-order chi connectivity index (χ1) is 10.4. The second kappa shape index (κ2) is 6.47. The molecule has 0 radical (unpaired) electrons. The van der Waals surface area contributed by atoms with Gasteiger partial charge in [-0.3, -0.25) is 0 Å². The van der Waals surface area contributed by atoms with Gasteiger partial charge in [0.2, 0.25) is 5.88 Å². The summed E-state index contributed by atoms with van der Waals surface area (Å²) in [7, 11) is 0. The molecule has 0 N–H and O–H groups in total. The average Bonchev–Trinajstić information content (AvgIpc) is 2.56. The smallest absolute Gasteiger partial charge is 0.218 e. The molecule has 0 aromatic carbocycles. The Morgan fingerprint density at radius 2 is 1.90 bits per heavy atom. The molecule has 3 heterocycles. The molecular formula is C15H19N5O. The summed E-state index contributed by atoms with van der Waals surface area (Å²) in [6.45, 7) is 4.47. The average molecular weight is 285 g/mol. The quantitative estimate of drug-likeness (QED) is 0.856. The summed E-state index contributed by atoms with van der Waals surface area (Å²) in [5, 5.41) is 0. The van der Waals surface area contributed by atoms with Crippen molar-refractivity contribution in [2.75, 3.05) is 24.6 Å². The van der Waals surface area contributed by atoms with Crippen LogP contribution in [0, 0.1) is 0 Å². The van der Waals surface area contributed by atoms with Crippen LogP contribution in [0.5, 0.6) is 5.88 Å². The van der Waals surface area contributed by atoms with Crippen molar-refractivity contribution in [3.05, 3.63) is 36.7 Å². The van der Waals surface area contributed by atoms with Gasteiger partial charge in [-0.2, -0.15) is 0 Å². The van der Waals surface area contributed by atoms with Gasteiger partial charge in [0.05, 0.1) is 6.61 Å². The molecule has 0 aliphatic carbocycles. The fraction of sp³-hybridized carbons (Fsp3) is 0.467. The normalized spacial score (nSPS) is 16.0. The molecule has 1 fully saturated rings. The van der Waals surface area contributed by atoms with Crippen molar-refractivity contribution in [3.8, 4) is 5.88 Å². The zero-order valence-corrected chi connectivity index (χ0v) is 12.1. The van der Waals surface area contributed by atoms with E-state index in [9.17, 15) is 0 Å². The van der Waals surface area contributed by atoms with Gasteiger partial charge in [0.15, 0.2) is 0 Å². The molecule has 0 bridgehead atoms. The molecule has 3 rings (SSSR count). The lowest BCUT2D eigenvalue weighted by atomic mass is 9.96. The lowest BCUT2D eigenvalue weighted by Gasteiger charge is -2.32. The standard InChI is InChI=1S/C15H19N5O/c1-2-21-14-10-13(18-11-19-14)20-8-4-12(5-9-20)15-16-6-3-7-17-15/h3,6-7,10-12H,2,4-5,8-9H2,1H3. The summed E-state index contributed by atoms with van der Waals surface area (Å²) in [5.74, 6) is 2.96. The maximum Gasteiger partial charge on any atom is 0.218 e. The first kappa shape index (κ1) is 13.7. The van der Waals surface area contributed by atoms with Crippen molar-refractivity contribution in [3.63, 3.8) is 0 Å². The van der Waals surface area contributed by atoms with E-state index in [-0.39, 0.29) is 0 Å². The Bertz CT molecular complexity index is 569. The molecule has 1 aliphatic rings. The molecule has 110 valence electrons. The van der Waals surface area contributed by atoms with E-state index in [0.717, 1.165) is 37.6 Å². The lowest BCUT2D eigenvalue weighted by molar-refractivity contribution is 0.326. The lowest BCUT2D eigenvalue weighted by Crippen LogP contribution is -2.34. The molecule has 0 atom stereocenters. The first-order valence-corrected chi connectivity index (χ1v) is 7.33. The number of piperidine rings is 1. The third kappa shape index (κ3) is 3.26. The Morgan fingerprint density at radius 3 is 2.62 bits per heavy atom. The van der Waals surface area contributed by atoms with Crippen LogP contribution in [0.25, 0.3) is 0 Å². The molecule has 0 unspecified atom stereocenters. The SMILES string of the molecule is CCOc1cc(N2CCC(c3ncccn3)CC2)ncn1. The Balaban J connectivity index is 1.64. The minimum absolute atomic E-state index is 0.440. The molecule has 0 spiro atoms. The zero-order valence-electron chi connectivity index (χ0n) is 12.1. The molecule has 2 aromatic rings. The summed E-state index contributed by atoms with van der Waals surface area (Å²) >= 11 is 0. The Hall–Kier alpha value is -2.24. The van der Waals surface area contributed by atoms with Crippen molar-refractivity contribution >= 4 is 5.82 Å². The van der Waals surface area contributed by atoms with E-state index in [1.807, 2.05) is 31.5 Å². The summed E-state index contributed by atoms with van der Waals surface area (Å²) < 4.78 is 5.43. The summed E-state index contributed by atoms with van der Waals surface area (Å²) in [5.41, 5.74) is 0. The third-order valence-electron chi connectivity index (χ3n) is 3.69. The number of hydrogen-bond donors (Lipinski definition) is 0. The van der Waals surface area contributed by atoms with E-state index in [0.29, 0.717) is 18.4 Å². The van der Waals surface area contributed by atoms with E-state index in [1.165, 1.54) is 0 Å². The number of nitrogens with zero attached hydrogens (tertiary/aromatic N) is 5. The highest BCUT2D eigenvalue weighted by Crippen LogP contribution is 2.28. The van der Waals surface area contributed by atoms with Gasteiger partial charge in [0, 0.05) is 37.5 Å². The Morgan fingerprint density at radius 1 is 1.14 bits per heavy atom. The molecule has 1 aliphatic heterocycles. The second-order valence-corrected chi connectivity index (χ2v) is 5.02. The van der Waals surface area contributed by atoms with Gasteiger partial charge in [-0.1, -0.05) is 0 Å². The van der Waals surface area contributed by atoms with Crippen molar-refractivity contribution in [1.29, 1.82) is 0 Å². The first-order valence-electron chi connectivity index (χ1n) is 7.33. The van der Waals surface area contributed by atoms with Crippen LogP contribution in [-0.4, -0.2) is 39.6 Å². The third-order valence-corrected chi connectivity index (χ3v) is 3.69. The zero-order chi connectivity index (χ0) is 14.5. The Labute approximate surface area is 124 Å². The van der Waals surface area contributed by atoms with Crippen LogP contribution in [0.2, 0.25) is 0 Å². The van der Waals surface area contributed by atoms with Gasteiger partial charge < -0.3 is 9.64 Å². The van der Waals surface area contributed by atoms with Crippen LogP contribution in [0.1, 0.15) is 31.5 Å². The highest BCUT2D eigenvalue weighted by atomic mass is 16.5. The fourth-order valence-corrected chi connectivity index (χ4v) is 2.62. The molecule has 2 aromatic heterocycles. The highest BCUT2D eigenvalue weighted by molar-refractivity contribution is 5.41. The van der Waals surface area contributed by atoms with Crippen molar-refractivity contribution in [2.45, 2.75) is 25.7 Å². The molecule has 6 heteroatoms. The minimum Gasteiger partial charge on any atom is -0.478 e. The maximum absolute atomic E-state index is 5.43. The number of hydrogen-bond acceptors (Lipinski definition) is 6. The van der Waals surface area contributed by atoms with Gasteiger partial charge in [0.1, 0.15) is 18.0 Å². The van der Waals surface area contributed by atoms with Crippen molar-refractivity contribution in [1.82, 2.24) is 19.9 Å². The molecule has 21 heavy (non-hydrogen) atoms. The van der Waals surface area contributed by atoms with Gasteiger partial charge in [-0.05, 0) is 25.8 Å². The van der Waals surface area contributed by atoms with Gasteiger partial charge in [-0.15, -0.1) is 0 Å². The number of ether oxygens (including phenoxy) is 1.